The second kappa shape index (κ2) is 12.8. The van der Waals surface area contributed by atoms with Crippen molar-refractivity contribution in [1.82, 2.24) is 5.32 Å². The number of methoxy groups -OCH3 is 1. The van der Waals surface area contributed by atoms with Gasteiger partial charge in [-0.15, -0.1) is 0 Å². The molecule has 4 rings (SSSR count). The third kappa shape index (κ3) is 7.18. The Labute approximate surface area is 237 Å². The lowest BCUT2D eigenvalue weighted by Crippen LogP contribution is -2.30. The van der Waals surface area contributed by atoms with Crippen molar-refractivity contribution in [2.45, 2.75) is 63.6 Å². The molecule has 2 aromatic carbocycles. The number of alkyl halides is 3. The van der Waals surface area contributed by atoms with Crippen molar-refractivity contribution >= 4 is 23.5 Å². The number of anilines is 1. The number of amides is 2. The van der Waals surface area contributed by atoms with Crippen LogP contribution in [-0.2, 0) is 15.8 Å². The van der Waals surface area contributed by atoms with E-state index in [2.05, 4.69) is 10.6 Å². The molecule has 226 valence electrons. The van der Waals surface area contributed by atoms with E-state index in [1.165, 1.54) is 13.2 Å². The molecule has 0 spiro atoms. The van der Waals surface area contributed by atoms with E-state index >= 15 is 0 Å². The quantitative estimate of drug-likeness (QED) is 0.312. The molecule has 1 fully saturated rings. The van der Waals surface area contributed by atoms with Crippen LogP contribution < -0.4 is 20.1 Å². The third-order valence-corrected chi connectivity index (χ3v) is 7.35. The predicted octanol–water partition coefficient (Wildman–Crippen LogP) is 6.21. The lowest BCUT2D eigenvalue weighted by Gasteiger charge is -2.27. The maximum atomic E-state index is 14.8. The lowest BCUT2D eigenvalue weighted by molar-refractivity contribution is -0.143. The number of ether oxygens (including phenoxy) is 2. The number of halogens is 5. The maximum absolute atomic E-state index is 14.8. The lowest BCUT2D eigenvalue weighted by atomic mass is 9.87. The van der Waals surface area contributed by atoms with Gasteiger partial charge in [0.15, 0.2) is 11.6 Å². The number of hydrogen-bond acceptors (Lipinski definition) is 5. The van der Waals surface area contributed by atoms with Crippen molar-refractivity contribution in [2.24, 2.45) is 5.92 Å². The Balaban J connectivity index is 1.53. The summed E-state index contributed by atoms with van der Waals surface area (Å²) >= 11 is 0. The largest absolute Gasteiger partial charge is 0.496 e. The summed E-state index contributed by atoms with van der Waals surface area (Å²) in [4.78, 5) is 37.5. The Bertz CT molecular complexity index is 1400. The highest BCUT2D eigenvalue weighted by atomic mass is 19.4. The van der Waals surface area contributed by atoms with Gasteiger partial charge in [-0.1, -0.05) is 0 Å². The Morgan fingerprint density at radius 2 is 1.57 bits per heavy atom. The van der Waals surface area contributed by atoms with Crippen LogP contribution in [0.5, 0.6) is 11.5 Å². The van der Waals surface area contributed by atoms with Crippen LogP contribution in [0.4, 0.5) is 27.6 Å². The summed E-state index contributed by atoms with van der Waals surface area (Å²) < 4.78 is 78.8. The summed E-state index contributed by atoms with van der Waals surface area (Å²) in [5, 5.41) is 14.2. The molecule has 3 N–H and O–H groups in total. The van der Waals surface area contributed by atoms with E-state index in [0.29, 0.717) is 50.7 Å². The smallest absolute Gasteiger partial charge is 0.419 e. The number of carboxylic acids is 1. The first-order valence-corrected chi connectivity index (χ1v) is 13.4. The molecule has 0 aliphatic heterocycles. The Morgan fingerprint density at radius 1 is 0.881 bits per heavy atom. The fraction of sp³-hybridized carbons (Fsp3) is 0.414. The molecule has 0 atom stereocenters. The van der Waals surface area contributed by atoms with Crippen molar-refractivity contribution in [1.29, 1.82) is 0 Å². The molecule has 42 heavy (non-hydrogen) atoms. The Kier molecular flexibility index (Phi) is 9.37. The summed E-state index contributed by atoms with van der Waals surface area (Å²) in [6.45, 7) is 0. The van der Waals surface area contributed by atoms with Gasteiger partial charge in [-0.05, 0) is 75.6 Å². The van der Waals surface area contributed by atoms with Crippen LogP contribution in [0.15, 0.2) is 41.6 Å². The minimum atomic E-state index is -4.96. The van der Waals surface area contributed by atoms with Crippen molar-refractivity contribution in [3.05, 3.63) is 64.4 Å². The van der Waals surface area contributed by atoms with Crippen LogP contribution >= 0.6 is 0 Å². The SMILES string of the molecule is COc1cc(F)c(O[C@H]2CC[C@@H](C(=O)O)CC2)cc1C(=O)NC1=C(C(=O)Nc2ccc(F)c(C(F)(F)F)c2)CCCC1. The average molecular weight is 597 g/mol. The Morgan fingerprint density at radius 3 is 2.21 bits per heavy atom. The standard InChI is InChI=1S/C29H29F5N2O6/c1-41-24-14-22(31)25(42-17-9-6-15(7-10-17)28(39)40)13-19(24)27(38)36-23-5-3-2-4-18(23)26(37)35-16-8-11-21(30)20(12-16)29(32,33)34/h8,11-15,17H,2-7,9-10H2,1H3,(H,35,37)(H,36,38)(H,39,40)/t15-,17+. The molecule has 2 aromatic rings. The van der Waals surface area contributed by atoms with Crippen LogP contribution in [-0.4, -0.2) is 36.1 Å². The number of hydrogen-bond donors (Lipinski definition) is 3. The molecular formula is C29H29F5N2O6. The van der Waals surface area contributed by atoms with Gasteiger partial charge in [-0.3, -0.25) is 14.4 Å². The predicted molar refractivity (Wildman–Crippen MR) is 140 cm³/mol. The van der Waals surface area contributed by atoms with Crippen molar-refractivity contribution < 1.29 is 50.9 Å². The third-order valence-electron chi connectivity index (χ3n) is 7.35. The fourth-order valence-electron chi connectivity index (χ4n) is 5.10. The van der Waals surface area contributed by atoms with E-state index < -0.39 is 53.2 Å². The van der Waals surface area contributed by atoms with E-state index in [1.807, 2.05) is 0 Å². The maximum Gasteiger partial charge on any atom is 0.419 e. The molecule has 2 aliphatic carbocycles. The van der Waals surface area contributed by atoms with Gasteiger partial charge in [0.1, 0.15) is 11.6 Å². The van der Waals surface area contributed by atoms with E-state index in [9.17, 15) is 41.4 Å². The molecule has 2 aliphatic rings. The highest BCUT2D eigenvalue weighted by Gasteiger charge is 2.34. The topological polar surface area (TPSA) is 114 Å². The summed E-state index contributed by atoms with van der Waals surface area (Å²) in [6, 6.07) is 4.27. The number of carbonyl (C=O) groups excluding carboxylic acids is 2. The van der Waals surface area contributed by atoms with Crippen molar-refractivity contribution in [2.75, 3.05) is 12.4 Å². The Hall–Kier alpha value is -4.16. The average Bonchev–Trinajstić information content (AvgIpc) is 2.94. The summed E-state index contributed by atoms with van der Waals surface area (Å²) in [7, 11) is 1.25. The van der Waals surface area contributed by atoms with E-state index in [-0.39, 0.29) is 46.9 Å². The normalized spacial score (nSPS) is 19.2. The van der Waals surface area contributed by atoms with Gasteiger partial charge in [0, 0.05) is 23.0 Å². The molecule has 0 bridgehead atoms. The number of carbonyl (C=O) groups is 3. The zero-order valence-corrected chi connectivity index (χ0v) is 22.6. The van der Waals surface area contributed by atoms with Crippen LogP contribution in [0.3, 0.4) is 0 Å². The number of aliphatic carboxylic acids is 1. The number of rotatable bonds is 8. The van der Waals surface area contributed by atoms with Gasteiger partial charge >= 0.3 is 12.1 Å². The minimum Gasteiger partial charge on any atom is -0.496 e. The number of nitrogens with one attached hydrogen (secondary N) is 2. The highest BCUT2D eigenvalue weighted by Crippen LogP contribution is 2.35. The minimum absolute atomic E-state index is 0.0840. The molecule has 0 aromatic heterocycles. The second-order valence-electron chi connectivity index (χ2n) is 10.2. The van der Waals surface area contributed by atoms with Crippen molar-refractivity contribution in [3.63, 3.8) is 0 Å². The molecule has 1 saturated carbocycles. The first-order chi connectivity index (χ1) is 19.9. The van der Waals surface area contributed by atoms with Crippen molar-refractivity contribution in [3.8, 4) is 11.5 Å². The highest BCUT2D eigenvalue weighted by molar-refractivity contribution is 6.05. The number of allylic oxidation sites excluding steroid dienone is 1. The van der Waals surface area contributed by atoms with Crippen LogP contribution in [0.25, 0.3) is 0 Å². The number of benzene rings is 2. The van der Waals surface area contributed by atoms with Crippen LogP contribution in [0.2, 0.25) is 0 Å². The second-order valence-corrected chi connectivity index (χ2v) is 10.2. The number of carboxylic acid groups (broad SMARTS) is 1. The molecule has 0 saturated heterocycles. The first kappa shape index (κ1) is 30.8. The molecule has 0 unspecified atom stereocenters. The fourth-order valence-corrected chi connectivity index (χ4v) is 5.10. The van der Waals surface area contributed by atoms with Gasteiger partial charge in [0.05, 0.1) is 30.3 Å². The van der Waals surface area contributed by atoms with E-state index in [0.717, 1.165) is 12.1 Å². The van der Waals surface area contributed by atoms with E-state index in [1.54, 1.807) is 0 Å². The summed E-state index contributed by atoms with van der Waals surface area (Å²) in [5.74, 6) is -5.43. The molecule has 13 heteroatoms. The van der Waals surface area contributed by atoms with Gasteiger partial charge in [0.25, 0.3) is 11.8 Å². The van der Waals surface area contributed by atoms with Crippen LogP contribution in [0.1, 0.15) is 67.3 Å². The van der Waals surface area contributed by atoms with Gasteiger partial charge in [0.2, 0.25) is 0 Å². The molecule has 0 radical (unpaired) electrons. The molecule has 8 nitrogen and oxygen atoms in total. The molecular weight excluding hydrogens is 567 g/mol. The van der Waals surface area contributed by atoms with E-state index in [4.69, 9.17) is 9.47 Å². The summed E-state index contributed by atoms with van der Waals surface area (Å²) in [5.41, 5.74) is -1.50. The van der Waals surface area contributed by atoms with Crippen LogP contribution in [0, 0.1) is 17.6 Å². The zero-order chi connectivity index (χ0) is 30.6. The van der Waals surface area contributed by atoms with Gasteiger partial charge in [-0.25, -0.2) is 8.78 Å². The molecule has 2 amide bonds. The van der Waals surface area contributed by atoms with Gasteiger partial charge in [-0.2, -0.15) is 13.2 Å². The molecule has 0 heterocycles. The first-order valence-electron chi connectivity index (χ1n) is 13.4. The zero-order valence-electron chi connectivity index (χ0n) is 22.6. The monoisotopic (exact) mass is 596 g/mol. The summed E-state index contributed by atoms with van der Waals surface area (Å²) in [6.07, 6.45) is -2.14. The van der Waals surface area contributed by atoms with Gasteiger partial charge < -0.3 is 25.2 Å².